The van der Waals surface area contributed by atoms with Crippen molar-refractivity contribution >= 4 is 5.91 Å². The van der Waals surface area contributed by atoms with Crippen molar-refractivity contribution < 1.29 is 9.53 Å². The minimum atomic E-state index is 0.125. The van der Waals surface area contributed by atoms with Crippen LogP contribution in [0.3, 0.4) is 0 Å². The molecule has 2 aromatic rings. The molecule has 0 aliphatic carbocycles. The molecule has 1 fully saturated rings. The molecule has 1 heterocycles. The molecule has 2 aromatic carbocycles. The Hall–Kier alpha value is -2.29. The summed E-state index contributed by atoms with van der Waals surface area (Å²) in [6.45, 7) is 0.857. The summed E-state index contributed by atoms with van der Waals surface area (Å²) in [4.78, 5) is 14.8. The molecule has 1 aliphatic rings. The van der Waals surface area contributed by atoms with Crippen molar-refractivity contribution in [1.82, 2.24) is 4.90 Å². The molecular formula is C20H23NO2. The van der Waals surface area contributed by atoms with Gasteiger partial charge in [0.25, 0.3) is 5.91 Å². The molecule has 23 heavy (non-hydrogen) atoms. The van der Waals surface area contributed by atoms with Gasteiger partial charge in [-0.15, -0.1) is 0 Å². The van der Waals surface area contributed by atoms with E-state index in [0.717, 1.165) is 43.5 Å². The van der Waals surface area contributed by atoms with Gasteiger partial charge in [-0.2, -0.15) is 0 Å². The fraction of sp³-hybridized carbons (Fsp3) is 0.350. The van der Waals surface area contributed by atoms with E-state index in [1.807, 2.05) is 35.2 Å². The smallest absolute Gasteiger partial charge is 0.254 e. The van der Waals surface area contributed by atoms with Crippen LogP contribution in [0.15, 0.2) is 54.6 Å². The second-order valence-corrected chi connectivity index (χ2v) is 6.05. The van der Waals surface area contributed by atoms with Gasteiger partial charge in [0.1, 0.15) is 5.75 Å². The number of likely N-dealkylation sites (tertiary alicyclic amines) is 1. The van der Waals surface area contributed by atoms with E-state index < -0.39 is 0 Å². The summed E-state index contributed by atoms with van der Waals surface area (Å²) in [5, 5.41) is 0. The first kappa shape index (κ1) is 15.6. The first-order chi connectivity index (χ1) is 11.3. The molecule has 0 aromatic heterocycles. The summed E-state index contributed by atoms with van der Waals surface area (Å²) >= 11 is 0. The van der Waals surface area contributed by atoms with E-state index >= 15 is 0 Å². The number of methoxy groups -OCH3 is 1. The molecule has 3 nitrogen and oxygen atoms in total. The first-order valence-corrected chi connectivity index (χ1v) is 8.27. The Bertz CT molecular complexity index is 654. The van der Waals surface area contributed by atoms with Crippen LogP contribution in [0.2, 0.25) is 0 Å². The molecule has 120 valence electrons. The van der Waals surface area contributed by atoms with Gasteiger partial charge in [-0.05, 0) is 49.4 Å². The van der Waals surface area contributed by atoms with Gasteiger partial charge in [0, 0.05) is 18.2 Å². The highest BCUT2D eigenvalue weighted by Gasteiger charge is 2.29. The van der Waals surface area contributed by atoms with Crippen molar-refractivity contribution in [1.29, 1.82) is 0 Å². The maximum atomic E-state index is 12.8. The zero-order chi connectivity index (χ0) is 16.1. The van der Waals surface area contributed by atoms with E-state index in [1.54, 1.807) is 7.11 Å². The minimum Gasteiger partial charge on any atom is -0.497 e. The average Bonchev–Trinajstić information content (AvgIpc) is 3.09. The van der Waals surface area contributed by atoms with Crippen LogP contribution in [0.25, 0.3) is 0 Å². The van der Waals surface area contributed by atoms with E-state index in [0.29, 0.717) is 6.04 Å². The van der Waals surface area contributed by atoms with E-state index in [9.17, 15) is 4.79 Å². The van der Waals surface area contributed by atoms with Crippen molar-refractivity contribution in [3.05, 3.63) is 65.7 Å². The first-order valence-electron chi connectivity index (χ1n) is 8.27. The number of amides is 1. The van der Waals surface area contributed by atoms with Crippen LogP contribution < -0.4 is 4.74 Å². The number of ether oxygens (including phenoxy) is 1. The molecule has 1 amide bonds. The number of aryl methyl sites for hydroxylation is 1. The fourth-order valence-electron chi connectivity index (χ4n) is 3.30. The third-order valence-electron chi connectivity index (χ3n) is 4.56. The molecule has 0 saturated carbocycles. The largest absolute Gasteiger partial charge is 0.497 e. The normalized spacial score (nSPS) is 17.3. The lowest BCUT2D eigenvalue weighted by Crippen LogP contribution is -2.35. The Labute approximate surface area is 137 Å². The second-order valence-electron chi connectivity index (χ2n) is 6.05. The van der Waals surface area contributed by atoms with Crippen LogP contribution in [0.1, 0.15) is 35.2 Å². The highest BCUT2D eigenvalue weighted by molar-refractivity contribution is 5.95. The Balaban J connectivity index is 1.67. The number of nitrogens with zero attached hydrogens (tertiary/aromatic N) is 1. The molecule has 0 N–H and O–H groups in total. The Kier molecular flexibility index (Phi) is 4.96. The standard InChI is InChI=1S/C20H23NO2/c1-23-19-11-5-9-17(15-19)20(22)21-14-6-10-18(21)13-12-16-7-3-2-4-8-16/h2-5,7-9,11,15,18H,6,10,12-14H2,1H3. The molecule has 0 bridgehead atoms. The third-order valence-corrected chi connectivity index (χ3v) is 4.56. The van der Waals surface area contributed by atoms with Crippen molar-refractivity contribution in [3.8, 4) is 5.75 Å². The summed E-state index contributed by atoms with van der Waals surface area (Å²) in [6, 6.07) is 18.3. The van der Waals surface area contributed by atoms with Crippen LogP contribution in [-0.4, -0.2) is 30.5 Å². The van der Waals surface area contributed by atoms with Crippen LogP contribution >= 0.6 is 0 Å². The highest BCUT2D eigenvalue weighted by atomic mass is 16.5. The van der Waals surface area contributed by atoms with Gasteiger partial charge >= 0.3 is 0 Å². The molecule has 3 rings (SSSR count). The molecule has 1 unspecified atom stereocenters. The molecule has 1 aliphatic heterocycles. The lowest BCUT2D eigenvalue weighted by Gasteiger charge is -2.25. The monoisotopic (exact) mass is 309 g/mol. The number of hydrogen-bond donors (Lipinski definition) is 0. The van der Waals surface area contributed by atoms with Crippen molar-refractivity contribution in [3.63, 3.8) is 0 Å². The van der Waals surface area contributed by atoms with Crippen molar-refractivity contribution in [2.45, 2.75) is 31.7 Å². The quantitative estimate of drug-likeness (QED) is 0.837. The Morgan fingerprint density at radius 2 is 2.00 bits per heavy atom. The molecule has 3 heteroatoms. The Morgan fingerprint density at radius 1 is 1.17 bits per heavy atom. The van der Waals surface area contributed by atoms with Crippen molar-refractivity contribution in [2.75, 3.05) is 13.7 Å². The zero-order valence-electron chi connectivity index (χ0n) is 13.6. The molecule has 1 atom stereocenters. The van der Waals surface area contributed by atoms with Crippen LogP contribution in [0.4, 0.5) is 0 Å². The number of carbonyl (C=O) groups is 1. The number of rotatable bonds is 5. The van der Waals surface area contributed by atoms with Gasteiger partial charge in [-0.3, -0.25) is 4.79 Å². The van der Waals surface area contributed by atoms with E-state index in [1.165, 1.54) is 5.56 Å². The number of carbonyl (C=O) groups excluding carboxylic acids is 1. The van der Waals surface area contributed by atoms with Crippen LogP contribution in [0.5, 0.6) is 5.75 Å². The number of hydrogen-bond acceptors (Lipinski definition) is 2. The fourth-order valence-corrected chi connectivity index (χ4v) is 3.30. The maximum absolute atomic E-state index is 12.8. The van der Waals surface area contributed by atoms with Gasteiger partial charge < -0.3 is 9.64 Å². The van der Waals surface area contributed by atoms with Crippen LogP contribution in [0, 0.1) is 0 Å². The highest BCUT2D eigenvalue weighted by Crippen LogP contribution is 2.25. The van der Waals surface area contributed by atoms with Crippen LogP contribution in [-0.2, 0) is 6.42 Å². The molecular weight excluding hydrogens is 286 g/mol. The van der Waals surface area contributed by atoms with Gasteiger partial charge in [-0.1, -0.05) is 36.4 Å². The third kappa shape index (κ3) is 3.73. The van der Waals surface area contributed by atoms with Gasteiger partial charge in [0.2, 0.25) is 0 Å². The van der Waals surface area contributed by atoms with Gasteiger partial charge in [0.05, 0.1) is 7.11 Å². The summed E-state index contributed by atoms with van der Waals surface area (Å²) in [7, 11) is 1.63. The SMILES string of the molecule is COc1cccc(C(=O)N2CCCC2CCc2ccccc2)c1. The van der Waals surface area contributed by atoms with Gasteiger partial charge in [0.15, 0.2) is 0 Å². The summed E-state index contributed by atoms with van der Waals surface area (Å²) in [6.07, 6.45) is 4.24. The molecule has 1 saturated heterocycles. The summed E-state index contributed by atoms with van der Waals surface area (Å²) < 4.78 is 5.23. The van der Waals surface area contributed by atoms with Gasteiger partial charge in [-0.25, -0.2) is 0 Å². The van der Waals surface area contributed by atoms with E-state index in [-0.39, 0.29) is 5.91 Å². The Morgan fingerprint density at radius 3 is 2.78 bits per heavy atom. The average molecular weight is 309 g/mol. The molecule has 0 radical (unpaired) electrons. The topological polar surface area (TPSA) is 29.5 Å². The predicted octanol–water partition coefficient (Wildman–Crippen LogP) is 3.93. The van der Waals surface area contributed by atoms with Crippen molar-refractivity contribution in [2.24, 2.45) is 0 Å². The summed E-state index contributed by atoms with van der Waals surface area (Å²) in [5.41, 5.74) is 2.06. The van der Waals surface area contributed by atoms with E-state index in [2.05, 4.69) is 24.3 Å². The van der Waals surface area contributed by atoms with E-state index in [4.69, 9.17) is 4.74 Å². The second kappa shape index (κ2) is 7.32. The lowest BCUT2D eigenvalue weighted by molar-refractivity contribution is 0.0730. The zero-order valence-corrected chi connectivity index (χ0v) is 13.6. The summed E-state index contributed by atoms with van der Waals surface area (Å²) in [5.74, 6) is 0.857. The maximum Gasteiger partial charge on any atom is 0.254 e. The molecule has 0 spiro atoms. The number of benzene rings is 2. The minimum absolute atomic E-state index is 0.125. The lowest BCUT2D eigenvalue weighted by atomic mass is 10.0. The predicted molar refractivity (Wildman–Crippen MR) is 91.8 cm³/mol.